The largest absolute Gasteiger partial charge is 0.763 e. The van der Waals surface area contributed by atoms with Crippen LogP contribution >= 0.6 is 0 Å². The Bertz CT molecular complexity index is 2370. The Labute approximate surface area is 300 Å². The van der Waals surface area contributed by atoms with Crippen LogP contribution in [-0.4, -0.2) is 33.8 Å². The van der Waals surface area contributed by atoms with Crippen molar-refractivity contribution in [3.63, 3.8) is 0 Å². The Morgan fingerprint density at radius 2 is 1.58 bits per heavy atom. The summed E-state index contributed by atoms with van der Waals surface area (Å²) in [5.74, 6) is 0.757. The van der Waals surface area contributed by atoms with Crippen LogP contribution in [0, 0.1) is 17.0 Å². The van der Waals surface area contributed by atoms with E-state index in [-0.39, 0.29) is 24.4 Å². The van der Waals surface area contributed by atoms with Crippen LogP contribution in [0.25, 0.3) is 16.4 Å². The van der Waals surface area contributed by atoms with Crippen LogP contribution in [-0.2, 0) is 32.8 Å². The molecule has 0 N–H and O–H groups in total. The predicted molar refractivity (Wildman–Crippen MR) is 198 cm³/mol. The highest BCUT2D eigenvalue weighted by molar-refractivity contribution is 6.19. The highest BCUT2D eigenvalue weighted by Gasteiger charge is 2.63. The minimum absolute atomic E-state index is 0.0194. The van der Waals surface area contributed by atoms with Crippen molar-refractivity contribution in [3.05, 3.63) is 183 Å². The Morgan fingerprint density at radius 1 is 0.923 bits per heavy atom. The molecule has 0 bridgehead atoms. The third-order valence-corrected chi connectivity index (χ3v) is 9.66. The first-order valence-electron chi connectivity index (χ1n) is 17.0. The van der Waals surface area contributed by atoms with Crippen LogP contribution in [0.3, 0.4) is 0 Å². The molecule has 6 aromatic rings. The summed E-state index contributed by atoms with van der Waals surface area (Å²) < 4.78 is 9.53. The predicted octanol–water partition coefficient (Wildman–Crippen LogP) is 7.00. The Hall–Kier alpha value is -6.64. The normalized spacial score (nSPS) is 15.6. The van der Waals surface area contributed by atoms with Crippen molar-refractivity contribution < 1.29 is 23.8 Å². The molecule has 2 heterocycles. The molecule has 1 aromatic heterocycles. The topological polar surface area (TPSA) is 121 Å². The molecular weight excluding hydrogens is 654 g/mol. The summed E-state index contributed by atoms with van der Waals surface area (Å²) in [6, 6.07) is 37.7. The number of nitro benzene ring substituents is 1. The number of nitrogens with zero attached hydrogens (tertiary/aromatic N) is 5. The van der Waals surface area contributed by atoms with Gasteiger partial charge in [-0.05, 0) is 60.9 Å². The number of aryl methyl sites for hydroxylation is 1. The number of aromatic nitrogens is 2. The minimum atomic E-state index is -1.96. The summed E-state index contributed by atoms with van der Waals surface area (Å²) in [5.41, 5.74) is 3.32. The lowest BCUT2D eigenvalue weighted by Crippen LogP contribution is -2.50. The first-order chi connectivity index (χ1) is 25.3. The van der Waals surface area contributed by atoms with Crippen molar-refractivity contribution in [2.75, 3.05) is 11.5 Å². The lowest BCUT2D eigenvalue weighted by Gasteiger charge is -2.36. The summed E-state index contributed by atoms with van der Waals surface area (Å²) in [7, 11) is 0. The SMILES string of the molecule is CCOC(=O)C(=C=[N-])C1(C(c2ccc([N+](=O)[O-])cc2)n2c[n+](Cc3ccccc3)c3ccccc32)C(=O)N(Cc2ccccc2)c2ccc(C)cc21. The van der Waals surface area contributed by atoms with Gasteiger partial charge in [-0.1, -0.05) is 90.5 Å². The molecule has 2 unspecified atom stereocenters. The van der Waals surface area contributed by atoms with Crippen LogP contribution in [0.4, 0.5) is 11.4 Å². The van der Waals surface area contributed by atoms with E-state index in [0.29, 0.717) is 23.4 Å². The van der Waals surface area contributed by atoms with Crippen molar-refractivity contribution in [3.8, 4) is 0 Å². The summed E-state index contributed by atoms with van der Waals surface area (Å²) in [6.45, 7) is 4.19. The lowest BCUT2D eigenvalue weighted by atomic mass is 9.67. The number of benzene rings is 5. The number of non-ortho nitro benzene ring substituents is 1. The fraction of sp³-hybridized carbons (Fsp3) is 0.167. The Kier molecular flexibility index (Phi) is 9.07. The first kappa shape index (κ1) is 33.8. The molecule has 0 fully saturated rings. The zero-order chi connectivity index (χ0) is 36.4. The second kappa shape index (κ2) is 13.9. The maximum absolute atomic E-state index is 15.7. The van der Waals surface area contributed by atoms with Gasteiger partial charge in [0, 0.05) is 23.4 Å². The maximum Gasteiger partial charge on any atom is 0.341 e. The molecule has 7 rings (SSSR count). The van der Waals surface area contributed by atoms with Crippen molar-refractivity contribution >= 4 is 40.2 Å². The van der Waals surface area contributed by atoms with E-state index in [1.54, 1.807) is 24.0 Å². The number of rotatable bonds is 11. The number of anilines is 1. The molecule has 0 saturated heterocycles. The molecule has 0 spiro atoms. The van der Waals surface area contributed by atoms with Crippen LogP contribution in [0.5, 0.6) is 0 Å². The number of hydrogen-bond donors (Lipinski definition) is 0. The van der Waals surface area contributed by atoms with Gasteiger partial charge < -0.3 is 15.0 Å². The summed E-state index contributed by atoms with van der Waals surface area (Å²) in [4.78, 5) is 42.8. The second-order valence-corrected chi connectivity index (χ2v) is 12.8. The summed E-state index contributed by atoms with van der Waals surface area (Å²) >= 11 is 0. The zero-order valence-corrected chi connectivity index (χ0v) is 28.7. The number of hydrogen-bond acceptors (Lipinski definition) is 5. The first-order valence-corrected chi connectivity index (χ1v) is 17.0. The molecule has 0 radical (unpaired) electrons. The monoisotopic (exact) mass is 689 g/mol. The van der Waals surface area contributed by atoms with E-state index in [1.807, 2.05) is 121 Å². The van der Waals surface area contributed by atoms with Gasteiger partial charge in [0.1, 0.15) is 12.6 Å². The molecule has 10 heteroatoms. The average Bonchev–Trinajstić information content (AvgIpc) is 3.62. The quantitative estimate of drug-likeness (QED) is 0.0363. The van der Waals surface area contributed by atoms with Gasteiger partial charge in [-0.2, -0.15) is 0 Å². The van der Waals surface area contributed by atoms with Gasteiger partial charge in [0.05, 0.1) is 23.6 Å². The smallest absolute Gasteiger partial charge is 0.341 e. The van der Waals surface area contributed by atoms with Crippen LogP contribution in [0.15, 0.2) is 139 Å². The summed E-state index contributed by atoms with van der Waals surface area (Å²) in [5, 5.41) is 22.9. The third kappa shape index (κ3) is 5.75. The van der Waals surface area contributed by atoms with Crippen molar-refractivity contribution in [1.82, 2.24) is 4.57 Å². The van der Waals surface area contributed by atoms with Gasteiger partial charge in [0.15, 0.2) is 16.4 Å². The maximum atomic E-state index is 15.7. The molecule has 5 aromatic carbocycles. The number of para-hydroxylation sites is 2. The highest BCUT2D eigenvalue weighted by atomic mass is 16.6. The number of ether oxygens (including phenoxy) is 1. The van der Waals surface area contributed by atoms with Gasteiger partial charge in [0.2, 0.25) is 12.2 Å². The molecule has 1 aliphatic rings. The summed E-state index contributed by atoms with van der Waals surface area (Å²) in [6.07, 6.45) is 1.90. The van der Waals surface area contributed by atoms with Crippen LogP contribution in [0.2, 0.25) is 0 Å². The van der Waals surface area contributed by atoms with E-state index in [0.717, 1.165) is 27.7 Å². The number of imidazole rings is 1. The molecule has 1 aliphatic heterocycles. The molecule has 0 aliphatic carbocycles. The Morgan fingerprint density at radius 3 is 2.23 bits per heavy atom. The molecule has 1 amide bonds. The second-order valence-electron chi connectivity index (χ2n) is 12.8. The van der Waals surface area contributed by atoms with Crippen molar-refractivity contribution in [1.29, 1.82) is 0 Å². The van der Waals surface area contributed by atoms with E-state index in [9.17, 15) is 20.3 Å². The van der Waals surface area contributed by atoms with E-state index in [2.05, 4.69) is 10.4 Å². The van der Waals surface area contributed by atoms with E-state index < -0.39 is 28.3 Å². The minimum Gasteiger partial charge on any atom is -0.763 e. The number of esters is 1. The fourth-order valence-electron chi connectivity index (χ4n) is 7.41. The molecule has 52 heavy (non-hydrogen) atoms. The Balaban J connectivity index is 1.59. The van der Waals surface area contributed by atoms with Gasteiger partial charge >= 0.3 is 5.97 Å². The third-order valence-electron chi connectivity index (χ3n) is 9.66. The molecule has 0 saturated carbocycles. The van der Waals surface area contributed by atoms with Crippen LogP contribution < -0.4 is 9.47 Å². The van der Waals surface area contributed by atoms with Gasteiger partial charge in [0.25, 0.3) is 5.69 Å². The molecular formula is C42H35N5O5. The van der Waals surface area contributed by atoms with E-state index >= 15 is 4.79 Å². The van der Waals surface area contributed by atoms with Gasteiger partial charge in [-0.25, -0.2) is 13.9 Å². The standard InChI is InChI=1S/C42H35N5O5/c1-3-52-40(48)35(25-43)42(34-24-29(2)18-23-36(34)45(41(42)49)27-31-14-8-5-9-15-31)39(32-19-21-33(22-20-32)47(50)51)46-28-44(26-30-12-6-4-7-13-30)37-16-10-11-17-38(37)46/h4-24,28,39H,3,26-27H2,1-2H3. The molecule has 2 atom stereocenters. The number of amides is 1. The van der Waals surface area contributed by atoms with E-state index in [1.165, 1.54) is 12.1 Å². The zero-order valence-electron chi connectivity index (χ0n) is 28.7. The lowest BCUT2D eigenvalue weighted by molar-refractivity contribution is -0.663. The van der Waals surface area contributed by atoms with Gasteiger partial charge in [-0.15, -0.1) is 0 Å². The average molecular weight is 690 g/mol. The van der Waals surface area contributed by atoms with Gasteiger partial charge in [-0.3, -0.25) is 20.8 Å². The highest BCUT2D eigenvalue weighted by Crippen LogP contribution is 2.55. The molecule has 258 valence electrons. The number of carbonyl (C=O) groups is 2. The van der Waals surface area contributed by atoms with Crippen LogP contribution in [0.1, 0.15) is 40.8 Å². The van der Waals surface area contributed by atoms with Crippen molar-refractivity contribution in [2.45, 2.75) is 38.4 Å². The number of fused-ring (bicyclic) bond motifs is 2. The van der Waals surface area contributed by atoms with E-state index in [4.69, 9.17) is 4.74 Å². The fourth-order valence-corrected chi connectivity index (χ4v) is 7.41. The number of carbonyl (C=O) groups excluding carboxylic acids is 2. The van der Waals surface area contributed by atoms with Crippen molar-refractivity contribution in [2.24, 2.45) is 0 Å². The number of nitro groups is 1. The molecule has 10 nitrogen and oxygen atoms in total.